The van der Waals surface area contributed by atoms with E-state index >= 15 is 0 Å². The summed E-state index contributed by atoms with van der Waals surface area (Å²) in [6.07, 6.45) is 23.2. The average Bonchev–Trinajstić information content (AvgIpc) is 2.51. The monoisotopic (exact) mass is 356 g/mol. The Morgan fingerprint density at radius 3 is 1.38 bits per heavy atom. The second-order valence-electron chi connectivity index (χ2n) is 6.29. The normalized spacial score (nSPS) is 11.0. The highest BCUT2D eigenvalue weighted by atomic mass is 79.9. The lowest BCUT2D eigenvalue weighted by Crippen LogP contribution is -2.02. The summed E-state index contributed by atoms with van der Waals surface area (Å²) in [5.74, 6) is 0.909. The molecule has 0 nitrogen and oxygen atoms in total. The largest absolute Gasteiger partial charge is 0.103 e. The van der Waals surface area contributed by atoms with Crippen molar-refractivity contribution in [3.05, 3.63) is 25.3 Å². The number of halogens is 1. The van der Waals surface area contributed by atoms with Gasteiger partial charge in [-0.15, -0.1) is 13.2 Å². The third kappa shape index (κ3) is 16.2. The van der Waals surface area contributed by atoms with Crippen LogP contribution in [0.1, 0.15) is 89.9 Å². The fraction of sp³-hybridized carbons (Fsp3) is 0.800. The van der Waals surface area contributed by atoms with Gasteiger partial charge in [0.15, 0.2) is 0 Å². The first-order valence-corrected chi connectivity index (χ1v) is 10.2. The maximum atomic E-state index is 3.78. The fourth-order valence-corrected chi connectivity index (χ4v) is 3.45. The van der Waals surface area contributed by atoms with E-state index in [1.807, 2.05) is 12.2 Å². The summed E-state index contributed by atoms with van der Waals surface area (Å²) in [6, 6.07) is 0. The molecule has 0 unspecified atom stereocenters. The maximum absolute atomic E-state index is 3.78. The minimum atomic E-state index is 0.909. The minimum absolute atomic E-state index is 0.909. The van der Waals surface area contributed by atoms with Crippen LogP contribution in [0.3, 0.4) is 0 Å². The topological polar surface area (TPSA) is 0 Å². The molecule has 1 heteroatoms. The van der Waals surface area contributed by atoms with Gasteiger partial charge in [-0.3, -0.25) is 0 Å². The van der Waals surface area contributed by atoms with Crippen LogP contribution in [0, 0.1) is 5.92 Å². The molecule has 0 bridgehead atoms. The second kappa shape index (κ2) is 18.0. The molecule has 0 saturated carbocycles. The number of hydrogen-bond donors (Lipinski definition) is 0. The first-order valence-electron chi connectivity index (χ1n) is 9.12. The molecule has 0 amide bonds. The van der Waals surface area contributed by atoms with E-state index in [2.05, 4.69) is 29.1 Å². The van der Waals surface area contributed by atoms with Crippen LogP contribution < -0.4 is 0 Å². The Labute approximate surface area is 142 Å². The van der Waals surface area contributed by atoms with Gasteiger partial charge >= 0.3 is 0 Å². The average molecular weight is 357 g/mol. The molecule has 21 heavy (non-hydrogen) atoms. The Morgan fingerprint density at radius 1 is 0.619 bits per heavy atom. The first kappa shape index (κ1) is 21.0. The molecule has 0 aromatic rings. The Morgan fingerprint density at radius 2 is 1.00 bits per heavy atom. The molecule has 0 rings (SSSR count). The van der Waals surface area contributed by atoms with Gasteiger partial charge < -0.3 is 0 Å². The van der Waals surface area contributed by atoms with Gasteiger partial charge in [0.25, 0.3) is 0 Å². The first-order chi connectivity index (χ1) is 10.3. The Hall–Kier alpha value is -0.0400. The van der Waals surface area contributed by atoms with Gasteiger partial charge in [-0.05, 0) is 44.4 Å². The van der Waals surface area contributed by atoms with Crippen LogP contribution in [0.2, 0.25) is 0 Å². The lowest BCUT2D eigenvalue weighted by atomic mass is 9.96. The molecular weight excluding hydrogens is 320 g/mol. The Balaban J connectivity index is 3.33. The van der Waals surface area contributed by atoms with Crippen molar-refractivity contribution in [2.75, 3.05) is 5.33 Å². The van der Waals surface area contributed by atoms with Crippen molar-refractivity contribution >= 4 is 15.9 Å². The number of hydrogen-bond acceptors (Lipinski definition) is 0. The highest BCUT2D eigenvalue weighted by molar-refractivity contribution is 9.09. The van der Waals surface area contributed by atoms with Crippen LogP contribution in [-0.2, 0) is 0 Å². The van der Waals surface area contributed by atoms with E-state index in [0.717, 1.165) is 5.92 Å². The van der Waals surface area contributed by atoms with Gasteiger partial charge in [-0.1, -0.05) is 79.4 Å². The molecular formula is C20H37Br. The predicted molar refractivity (Wildman–Crippen MR) is 102 cm³/mol. The molecule has 0 spiro atoms. The summed E-state index contributed by atoms with van der Waals surface area (Å²) in [7, 11) is 0. The number of allylic oxidation sites excluding steroid dienone is 2. The summed E-state index contributed by atoms with van der Waals surface area (Å²) in [4.78, 5) is 0. The van der Waals surface area contributed by atoms with Crippen molar-refractivity contribution in [3.8, 4) is 0 Å². The molecule has 0 N–H and O–H groups in total. The third-order valence-corrected chi connectivity index (χ3v) is 5.18. The predicted octanol–water partition coefficient (Wildman–Crippen LogP) is 7.83. The molecule has 0 radical (unpaired) electrons. The lowest BCUT2D eigenvalue weighted by molar-refractivity contribution is 0.440. The lowest BCUT2D eigenvalue weighted by Gasteiger charge is -2.13. The van der Waals surface area contributed by atoms with E-state index in [4.69, 9.17) is 0 Å². The van der Waals surface area contributed by atoms with Crippen LogP contribution in [-0.4, -0.2) is 5.33 Å². The standard InChI is InChI=1S/C20H37Br/c1-3-5-7-9-11-13-15-17-20(19-21)18-16-14-12-10-8-6-4-2/h3-4,20H,1-2,5-19H2. The van der Waals surface area contributed by atoms with E-state index in [1.165, 1.54) is 95.2 Å². The zero-order chi connectivity index (χ0) is 15.6. The summed E-state index contributed by atoms with van der Waals surface area (Å²) >= 11 is 3.70. The number of unbranched alkanes of at least 4 members (excludes halogenated alkanes) is 10. The van der Waals surface area contributed by atoms with Gasteiger partial charge in [-0.25, -0.2) is 0 Å². The highest BCUT2D eigenvalue weighted by Gasteiger charge is 2.06. The molecule has 0 heterocycles. The molecule has 0 fully saturated rings. The Kier molecular flexibility index (Phi) is 18.0. The quantitative estimate of drug-likeness (QED) is 0.141. The fourth-order valence-electron chi connectivity index (χ4n) is 2.80. The van der Waals surface area contributed by atoms with Crippen LogP contribution in [0.4, 0.5) is 0 Å². The van der Waals surface area contributed by atoms with E-state index in [0.29, 0.717) is 0 Å². The molecule has 0 aliphatic heterocycles. The zero-order valence-electron chi connectivity index (χ0n) is 14.1. The van der Waals surface area contributed by atoms with Crippen LogP contribution in [0.15, 0.2) is 25.3 Å². The van der Waals surface area contributed by atoms with E-state index in [1.54, 1.807) is 0 Å². The number of alkyl halides is 1. The second-order valence-corrected chi connectivity index (χ2v) is 6.94. The highest BCUT2D eigenvalue weighted by Crippen LogP contribution is 2.20. The van der Waals surface area contributed by atoms with Gasteiger partial charge in [0, 0.05) is 5.33 Å². The molecule has 0 aromatic carbocycles. The smallest absolute Gasteiger partial charge is 0.00596 e. The van der Waals surface area contributed by atoms with Crippen molar-refractivity contribution in [2.24, 2.45) is 5.92 Å². The summed E-state index contributed by atoms with van der Waals surface area (Å²) in [5, 5.41) is 1.19. The SMILES string of the molecule is C=CCCCCCCCC(CBr)CCCCCCCC=C. The summed E-state index contributed by atoms with van der Waals surface area (Å²) in [6.45, 7) is 7.55. The van der Waals surface area contributed by atoms with Crippen molar-refractivity contribution in [1.82, 2.24) is 0 Å². The summed E-state index contributed by atoms with van der Waals surface area (Å²) in [5.41, 5.74) is 0. The van der Waals surface area contributed by atoms with Gasteiger partial charge in [0.2, 0.25) is 0 Å². The molecule has 0 atom stereocenters. The van der Waals surface area contributed by atoms with E-state index in [9.17, 15) is 0 Å². The van der Waals surface area contributed by atoms with Crippen molar-refractivity contribution in [3.63, 3.8) is 0 Å². The zero-order valence-corrected chi connectivity index (χ0v) is 15.7. The van der Waals surface area contributed by atoms with Crippen molar-refractivity contribution in [2.45, 2.75) is 89.9 Å². The molecule has 0 saturated heterocycles. The van der Waals surface area contributed by atoms with Gasteiger partial charge in [-0.2, -0.15) is 0 Å². The van der Waals surface area contributed by atoms with Gasteiger partial charge in [0.05, 0.1) is 0 Å². The number of rotatable bonds is 17. The van der Waals surface area contributed by atoms with Crippen LogP contribution in [0.25, 0.3) is 0 Å². The maximum Gasteiger partial charge on any atom is 0.00596 e. The van der Waals surface area contributed by atoms with Crippen LogP contribution in [0.5, 0.6) is 0 Å². The van der Waals surface area contributed by atoms with Crippen molar-refractivity contribution in [1.29, 1.82) is 0 Å². The van der Waals surface area contributed by atoms with Gasteiger partial charge in [0.1, 0.15) is 0 Å². The molecule has 0 aromatic heterocycles. The molecule has 0 aliphatic rings. The van der Waals surface area contributed by atoms with Crippen molar-refractivity contribution < 1.29 is 0 Å². The van der Waals surface area contributed by atoms with E-state index < -0.39 is 0 Å². The Bertz CT molecular complexity index is 200. The molecule has 0 aliphatic carbocycles. The molecule has 124 valence electrons. The third-order valence-electron chi connectivity index (χ3n) is 4.26. The van der Waals surface area contributed by atoms with E-state index in [-0.39, 0.29) is 0 Å². The van der Waals surface area contributed by atoms with Crippen LogP contribution >= 0.6 is 15.9 Å². The minimum Gasteiger partial charge on any atom is -0.103 e. The summed E-state index contributed by atoms with van der Waals surface area (Å²) < 4.78 is 0.